The second-order valence-corrected chi connectivity index (χ2v) is 5.73. The quantitative estimate of drug-likeness (QED) is 0.860. The topological polar surface area (TPSA) is 53.1 Å². The van der Waals surface area contributed by atoms with Crippen molar-refractivity contribution in [3.63, 3.8) is 0 Å². The number of aromatic nitrogens is 2. The fraction of sp³-hybridized carbons (Fsp3) is 0.800. The first-order valence-electron chi connectivity index (χ1n) is 7.60. The van der Waals surface area contributed by atoms with Crippen molar-refractivity contribution in [2.75, 3.05) is 6.61 Å². The number of hydrogen-bond donors (Lipinski definition) is 1. The van der Waals surface area contributed by atoms with Gasteiger partial charge in [0.2, 0.25) is 0 Å². The average molecular weight is 265 g/mol. The molecule has 1 aliphatic heterocycles. The number of ether oxygens (including phenoxy) is 1. The molecule has 4 heteroatoms. The van der Waals surface area contributed by atoms with Crippen LogP contribution >= 0.6 is 0 Å². The van der Waals surface area contributed by atoms with E-state index < -0.39 is 0 Å². The lowest BCUT2D eigenvalue weighted by atomic mass is 9.99. The Hall–Kier alpha value is -0.870. The lowest BCUT2D eigenvalue weighted by Gasteiger charge is -2.24. The van der Waals surface area contributed by atoms with Crippen LogP contribution in [0.3, 0.4) is 0 Å². The molecule has 1 aromatic rings. The largest absolute Gasteiger partial charge is 0.378 e. The average Bonchev–Trinajstić information content (AvgIpc) is 2.87. The minimum Gasteiger partial charge on any atom is -0.378 e. The Bertz CT molecular complexity index is 371. The van der Waals surface area contributed by atoms with E-state index in [1.165, 1.54) is 12.8 Å². The standard InChI is InChI=1S/C15H27N3O/c1-3-12(2)18-8-7-14(17-18)10-13(16)11-15-6-4-5-9-19-15/h7-8,12-13,15H,3-6,9-11,16H2,1-2H3. The van der Waals surface area contributed by atoms with Crippen LogP contribution in [0, 0.1) is 0 Å². The van der Waals surface area contributed by atoms with Crippen molar-refractivity contribution in [1.82, 2.24) is 9.78 Å². The normalized spacial score (nSPS) is 23.2. The van der Waals surface area contributed by atoms with Crippen LogP contribution in [0.4, 0.5) is 0 Å². The van der Waals surface area contributed by atoms with Gasteiger partial charge in [-0.3, -0.25) is 4.68 Å². The number of rotatable bonds is 6. The van der Waals surface area contributed by atoms with Crippen molar-refractivity contribution in [1.29, 1.82) is 0 Å². The molecule has 1 fully saturated rings. The maximum absolute atomic E-state index is 6.23. The summed E-state index contributed by atoms with van der Waals surface area (Å²) in [6.45, 7) is 5.27. The zero-order chi connectivity index (χ0) is 13.7. The van der Waals surface area contributed by atoms with Gasteiger partial charge in [0.1, 0.15) is 0 Å². The van der Waals surface area contributed by atoms with E-state index in [-0.39, 0.29) is 6.04 Å². The second kappa shape index (κ2) is 7.06. The van der Waals surface area contributed by atoms with Gasteiger partial charge >= 0.3 is 0 Å². The van der Waals surface area contributed by atoms with Crippen molar-refractivity contribution in [3.05, 3.63) is 18.0 Å². The summed E-state index contributed by atoms with van der Waals surface area (Å²) < 4.78 is 7.78. The van der Waals surface area contributed by atoms with Gasteiger partial charge in [0.15, 0.2) is 0 Å². The van der Waals surface area contributed by atoms with Gasteiger partial charge in [-0.1, -0.05) is 6.92 Å². The van der Waals surface area contributed by atoms with Gasteiger partial charge in [0, 0.05) is 31.3 Å². The first-order chi connectivity index (χ1) is 9.19. The predicted molar refractivity (Wildman–Crippen MR) is 77.1 cm³/mol. The maximum atomic E-state index is 6.23. The van der Waals surface area contributed by atoms with E-state index in [4.69, 9.17) is 10.5 Å². The molecule has 1 aromatic heterocycles. The molecule has 0 saturated carbocycles. The van der Waals surface area contributed by atoms with Gasteiger partial charge < -0.3 is 10.5 Å². The highest BCUT2D eigenvalue weighted by Crippen LogP contribution is 2.18. The monoisotopic (exact) mass is 265 g/mol. The van der Waals surface area contributed by atoms with Gasteiger partial charge in [-0.25, -0.2) is 0 Å². The Labute approximate surface area is 116 Å². The van der Waals surface area contributed by atoms with Gasteiger partial charge in [-0.2, -0.15) is 5.10 Å². The Morgan fingerprint density at radius 3 is 3.05 bits per heavy atom. The fourth-order valence-electron chi connectivity index (χ4n) is 2.60. The van der Waals surface area contributed by atoms with Crippen LogP contribution < -0.4 is 5.73 Å². The van der Waals surface area contributed by atoms with Gasteiger partial charge in [0.25, 0.3) is 0 Å². The van der Waals surface area contributed by atoms with Crippen LogP contribution in [0.5, 0.6) is 0 Å². The van der Waals surface area contributed by atoms with Crippen molar-refractivity contribution in [2.45, 2.75) is 70.6 Å². The summed E-state index contributed by atoms with van der Waals surface area (Å²) in [6.07, 6.45) is 8.97. The van der Waals surface area contributed by atoms with E-state index in [0.717, 1.165) is 38.0 Å². The summed E-state index contributed by atoms with van der Waals surface area (Å²) in [4.78, 5) is 0. The minimum absolute atomic E-state index is 0.156. The molecule has 2 rings (SSSR count). The van der Waals surface area contributed by atoms with E-state index in [1.54, 1.807) is 0 Å². The van der Waals surface area contributed by atoms with E-state index in [2.05, 4.69) is 31.2 Å². The molecule has 0 amide bonds. The molecule has 0 aromatic carbocycles. The van der Waals surface area contributed by atoms with Crippen LogP contribution in [0.1, 0.15) is 57.7 Å². The van der Waals surface area contributed by atoms with Crippen molar-refractivity contribution in [2.24, 2.45) is 5.73 Å². The molecule has 1 aliphatic rings. The molecule has 0 aliphatic carbocycles. The van der Waals surface area contributed by atoms with E-state index in [0.29, 0.717) is 12.1 Å². The van der Waals surface area contributed by atoms with E-state index >= 15 is 0 Å². The highest BCUT2D eigenvalue weighted by molar-refractivity contribution is 5.02. The van der Waals surface area contributed by atoms with Crippen LogP contribution in [0.15, 0.2) is 12.3 Å². The summed E-state index contributed by atoms with van der Waals surface area (Å²) in [7, 11) is 0. The molecule has 0 spiro atoms. The molecule has 0 radical (unpaired) electrons. The SMILES string of the molecule is CCC(C)n1ccc(CC(N)CC2CCCCO2)n1. The summed E-state index contributed by atoms with van der Waals surface area (Å²) in [6, 6.07) is 2.71. The third kappa shape index (κ3) is 4.32. The molecule has 0 bridgehead atoms. The molecule has 4 nitrogen and oxygen atoms in total. The molecule has 2 heterocycles. The maximum Gasteiger partial charge on any atom is 0.0640 e. The van der Waals surface area contributed by atoms with Gasteiger partial charge in [-0.15, -0.1) is 0 Å². The fourth-order valence-corrected chi connectivity index (χ4v) is 2.60. The minimum atomic E-state index is 0.156. The second-order valence-electron chi connectivity index (χ2n) is 5.73. The first-order valence-corrected chi connectivity index (χ1v) is 7.60. The van der Waals surface area contributed by atoms with E-state index in [9.17, 15) is 0 Å². The van der Waals surface area contributed by atoms with Gasteiger partial charge in [0.05, 0.1) is 11.8 Å². The van der Waals surface area contributed by atoms with Crippen LogP contribution in [-0.2, 0) is 11.2 Å². The van der Waals surface area contributed by atoms with Crippen molar-refractivity contribution >= 4 is 0 Å². The summed E-state index contributed by atoms with van der Waals surface area (Å²) in [5.74, 6) is 0. The zero-order valence-electron chi connectivity index (χ0n) is 12.2. The Kier molecular flexibility index (Phi) is 5.40. The number of nitrogens with two attached hydrogens (primary N) is 1. The lowest BCUT2D eigenvalue weighted by Crippen LogP contribution is -2.31. The van der Waals surface area contributed by atoms with Crippen LogP contribution in [0.2, 0.25) is 0 Å². The Balaban J connectivity index is 1.80. The summed E-state index contributed by atoms with van der Waals surface area (Å²) in [5, 5.41) is 4.61. The summed E-state index contributed by atoms with van der Waals surface area (Å²) >= 11 is 0. The van der Waals surface area contributed by atoms with Gasteiger partial charge in [-0.05, 0) is 45.1 Å². The zero-order valence-corrected chi connectivity index (χ0v) is 12.2. The molecular formula is C15H27N3O. The number of nitrogens with zero attached hydrogens (tertiary/aromatic N) is 2. The molecule has 3 unspecified atom stereocenters. The van der Waals surface area contributed by atoms with Crippen LogP contribution in [-0.4, -0.2) is 28.5 Å². The molecule has 19 heavy (non-hydrogen) atoms. The highest BCUT2D eigenvalue weighted by Gasteiger charge is 2.18. The van der Waals surface area contributed by atoms with E-state index in [1.807, 2.05) is 4.68 Å². The smallest absolute Gasteiger partial charge is 0.0640 e. The van der Waals surface area contributed by atoms with Crippen LogP contribution in [0.25, 0.3) is 0 Å². The highest BCUT2D eigenvalue weighted by atomic mass is 16.5. The first kappa shape index (κ1) is 14.5. The number of hydrogen-bond acceptors (Lipinski definition) is 3. The predicted octanol–water partition coefficient (Wildman–Crippen LogP) is 2.68. The molecule has 1 saturated heterocycles. The molecule has 3 atom stereocenters. The van der Waals surface area contributed by atoms with Crippen molar-refractivity contribution in [3.8, 4) is 0 Å². The molecule has 2 N–H and O–H groups in total. The third-order valence-electron chi connectivity index (χ3n) is 4.02. The molecular weight excluding hydrogens is 238 g/mol. The summed E-state index contributed by atoms with van der Waals surface area (Å²) in [5.41, 5.74) is 7.33. The Morgan fingerprint density at radius 2 is 2.37 bits per heavy atom. The third-order valence-corrected chi connectivity index (χ3v) is 4.02. The molecule has 108 valence electrons. The van der Waals surface area contributed by atoms with Crippen molar-refractivity contribution < 1.29 is 4.74 Å². The Morgan fingerprint density at radius 1 is 1.53 bits per heavy atom. The lowest BCUT2D eigenvalue weighted by molar-refractivity contribution is 0.00742.